The number of nitrogens with one attached hydrogen (secondary N) is 1. The number of hydrogen-bond acceptors (Lipinski definition) is 2. The number of benzene rings is 1. The van der Waals surface area contributed by atoms with Gasteiger partial charge in [-0.25, -0.2) is 4.39 Å². The first-order valence-electron chi connectivity index (χ1n) is 4.84. The van der Waals surface area contributed by atoms with Crippen molar-refractivity contribution in [1.82, 2.24) is 0 Å². The van der Waals surface area contributed by atoms with Crippen LogP contribution in [-0.2, 0) is 4.79 Å². The first-order chi connectivity index (χ1) is 6.99. The molecule has 0 atom stereocenters. The van der Waals surface area contributed by atoms with E-state index in [4.69, 9.17) is 5.73 Å². The summed E-state index contributed by atoms with van der Waals surface area (Å²) >= 11 is 0. The predicted molar refractivity (Wildman–Crippen MR) is 58.9 cm³/mol. The van der Waals surface area contributed by atoms with Crippen molar-refractivity contribution in [1.29, 1.82) is 0 Å². The number of amides is 1. The fourth-order valence-corrected chi connectivity index (χ4v) is 1.22. The van der Waals surface area contributed by atoms with E-state index in [1.807, 2.05) is 13.8 Å². The zero-order valence-corrected chi connectivity index (χ0v) is 8.88. The Morgan fingerprint density at radius 1 is 1.53 bits per heavy atom. The van der Waals surface area contributed by atoms with Gasteiger partial charge in [0.1, 0.15) is 5.82 Å². The maximum Gasteiger partial charge on any atom is 0.224 e. The van der Waals surface area contributed by atoms with Crippen LogP contribution in [0.4, 0.5) is 15.8 Å². The third-order valence-corrected chi connectivity index (χ3v) is 1.88. The molecule has 15 heavy (non-hydrogen) atoms. The van der Waals surface area contributed by atoms with E-state index in [0.717, 1.165) is 0 Å². The molecule has 0 aliphatic carbocycles. The Morgan fingerprint density at radius 2 is 2.20 bits per heavy atom. The van der Waals surface area contributed by atoms with Gasteiger partial charge in [-0.1, -0.05) is 13.8 Å². The fourth-order valence-electron chi connectivity index (χ4n) is 1.22. The molecule has 0 saturated carbocycles. The van der Waals surface area contributed by atoms with Crippen LogP contribution in [0.3, 0.4) is 0 Å². The largest absolute Gasteiger partial charge is 0.397 e. The maximum atomic E-state index is 12.7. The highest BCUT2D eigenvalue weighted by Gasteiger charge is 2.07. The average molecular weight is 210 g/mol. The van der Waals surface area contributed by atoms with Crippen molar-refractivity contribution >= 4 is 17.3 Å². The standard InChI is InChI=1S/C11H15FN2O/c1-7(2)5-11(15)14-10-4-3-8(12)6-9(10)13/h3-4,6-7H,5,13H2,1-2H3,(H,14,15). The highest BCUT2D eigenvalue weighted by molar-refractivity contribution is 5.93. The van der Waals surface area contributed by atoms with Gasteiger partial charge < -0.3 is 11.1 Å². The second-order valence-corrected chi connectivity index (χ2v) is 3.88. The summed E-state index contributed by atoms with van der Waals surface area (Å²) in [7, 11) is 0. The molecule has 0 spiro atoms. The highest BCUT2D eigenvalue weighted by atomic mass is 19.1. The number of halogens is 1. The summed E-state index contributed by atoms with van der Waals surface area (Å²) < 4.78 is 12.7. The van der Waals surface area contributed by atoms with Gasteiger partial charge in [-0.15, -0.1) is 0 Å². The van der Waals surface area contributed by atoms with Crippen LogP contribution in [0.5, 0.6) is 0 Å². The Bertz CT molecular complexity index is 364. The average Bonchev–Trinajstić information content (AvgIpc) is 2.08. The zero-order valence-electron chi connectivity index (χ0n) is 8.88. The minimum absolute atomic E-state index is 0.108. The van der Waals surface area contributed by atoms with E-state index in [0.29, 0.717) is 12.1 Å². The van der Waals surface area contributed by atoms with Crippen molar-refractivity contribution in [2.45, 2.75) is 20.3 Å². The molecule has 0 bridgehead atoms. The van der Waals surface area contributed by atoms with Crippen LogP contribution in [0.2, 0.25) is 0 Å². The molecule has 0 heterocycles. The molecule has 1 aromatic rings. The number of anilines is 2. The molecular weight excluding hydrogens is 195 g/mol. The second kappa shape index (κ2) is 4.77. The maximum absolute atomic E-state index is 12.7. The molecule has 0 fully saturated rings. The third kappa shape index (κ3) is 3.58. The molecule has 1 aromatic carbocycles. The summed E-state index contributed by atoms with van der Waals surface area (Å²) in [5.41, 5.74) is 6.25. The van der Waals surface area contributed by atoms with Gasteiger partial charge in [0, 0.05) is 6.42 Å². The van der Waals surface area contributed by atoms with E-state index in [9.17, 15) is 9.18 Å². The van der Waals surface area contributed by atoms with Crippen LogP contribution >= 0.6 is 0 Å². The van der Waals surface area contributed by atoms with Gasteiger partial charge in [0.2, 0.25) is 5.91 Å². The summed E-state index contributed by atoms with van der Waals surface area (Å²) in [6, 6.07) is 3.91. The van der Waals surface area contributed by atoms with E-state index in [1.54, 1.807) is 0 Å². The third-order valence-electron chi connectivity index (χ3n) is 1.88. The molecule has 0 aliphatic heterocycles. The van der Waals surface area contributed by atoms with E-state index in [2.05, 4.69) is 5.32 Å². The molecule has 3 N–H and O–H groups in total. The molecule has 0 aliphatic rings. The van der Waals surface area contributed by atoms with Gasteiger partial charge >= 0.3 is 0 Å². The lowest BCUT2D eigenvalue weighted by atomic mass is 10.1. The Hall–Kier alpha value is -1.58. The van der Waals surface area contributed by atoms with Crippen LogP contribution in [0.25, 0.3) is 0 Å². The first-order valence-corrected chi connectivity index (χ1v) is 4.84. The topological polar surface area (TPSA) is 55.1 Å². The molecule has 82 valence electrons. The van der Waals surface area contributed by atoms with Gasteiger partial charge in [-0.3, -0.25) is 4.79 Å². The van der Waals surface area contributed by atoms with Gasteiger partial charge in [0.25, 0.3) is 0 Å². The van der Waals surface area contributed by atoms with E-state index in [-0.39, 0.29) is 17.5 Å². The number of nitrogen functional groups attached to an aromatic ring is 1. The SMILES string of the molecule is CC(C)CC(=O)Nc1ccc(F)cc1N. The van der Waals surface area contributed by atoms with Crippen LogP contribution in [0.15, 0.2) is 18.2 Å². The van der Waals surface area contributed by atoms with Crippen LogP contribution in [0.1, 0.15) is 20.3 Å². The van der Waals surface area contributed by atoms with Crippen molar-refractivity contribution < 1.29 is 9.18 Å². The highest BCUT2D eigenvalue weighted by Crippen LogP contribution is 2.19. The number of nitrogens with two attached hydrogens (primary N) is 1. The van der Waals surface area contributed by atoms with E-state index in [1.165, 1.54) is 18.2 Å². The Labute approximate surface area is 88.5 Å². The molecule has 0 radical (unpaired) electrons. The minimum atomic E-state index is -0.408. The molecule has 3 nitrogen and oxygen atoms in total. The number of carbonyl (C=O) groups excluding carboxylic acids is 1. The molecule has 1 amide bonds. The summed E-state index contributed by atoms with van der Waals surface area (Å²) in [6.07, 6.45) is 0.427. The Morgan fingerprint density at radius 3 is 2.73 bits per heavy atom. The molecule has 0 aromatic heterocycles. The Kier molecular flexibility index (Phi) is 3.66. The van der Waals surface area contributed by atoms with Crippen LogP contribution in [0, 0.1) is 11.7 Å². The van der Waals surface area contributed by atoms with Crippen LogP contribution in [-0.4, -0.2) is 5.91 Å². The van der Waals surface area contributed by atoms with Crippen molar-refractivity contribution in [3.63, 3.8) is 0 Å². The summed E-state index contributed by atoms with van der Waals surface area (Å²) in [5, 5.41) is 2.64. The van der Waals surface area contributed by atoms with Crippen molar-refractivity contribution in [2.75, 3.05) is 11.1 Å². The summed E-state index contributed by atoms with van der Waals surface area (Å²) in [6.45, 7) is 3.90. The number of carbonyl (C=O) groups is 1. The summed E-state index contributed by atoms with van der Waals surface area (Å²) in [5.74, 6) is -0.232. The summed E-state index contributed by atoms with van der Waals surface area (Å²) in [4.78, 5) is 11.4. The van der Waals surface area contributed by atoms with Crippen molar-refractivity contribution in [3.8, 4) is 0 Å². The van der Waals surface area contributed by atoms with E-state index >= 15 is 0 Å². The lowest BCUT2D eigenvalue weighted by Crippen LogP contribution is -2.14. The lowest BCUT2D eigenvalue weighted by Gasteiger charge is -2.09. The first kappa shape index (κ1) is 11.5. The molecule has 0 unspecified atom stereocenters. The minimum Gasteiger partial charge on any atom is -0.397 e. The number of hydrogen-bond donors (Lipinski definition) is 2. The van der Waals surface area contributed by atoms with Gasteiger partial charge in [-0.05, 0) is 24.1 Å². The van der Waals surface area contributed by atoms with Crippen molar-refractivity contribution in [2.24, 2.45) is 5.92 Å². The predicted octanol–water partition coefficient (Wildman–Crippen LogP) is 2.39. The monoisotopic (exact) mass is 210 g/mol. The molecular formula is C11H15FN2O. The lowest BCUT2D eigenvalue weighted by molar-refractivity contribution is -0.116. The zero-order chi connectivity index (χ0) is 11.4. The second-order valence-electron chi connectivity index (χ2n) is 3.88. The van der Waals surface area contributed by atoms with Crippen molar-refractivity contribution in [3.05, 3.63) is 24.0 Å². The molecule has 0 saturated heterocycles. The smallest absolute Gasteiger partial charge is 0.224 e. The quantitative estimate of drug-likeness (QED) is 0.752. The number of rotatable bonds is 3. The fraction of sp³-hybridized carbons (Fsp3) is 0.364. The van der Waals surface area contributed by atoms with Gasteiger partial charge in [-0.2, -0.15) is 0 Å². The molecule has 4 heteroatoms. The van der Waals surface area contributed by atoms with Gasteiger partial charge in [0.05, 0.1) is 11.4 Å². The van der Waals surface area contributed by atoms with Crippen LogP contribution < -0.4 is 11.1 Å². The van der Waals surface area contributed by atoms with E-state index < -0.39 is 5.82 Å². The molecule has 1 rings (SSSR count). The Balaban J connectivity index is 2.68. The normalized spacial score (nSPS) is 10.4. The van der Waals surface area contributed by atoms with Gasteiger partial charge in [0.15, 0.2) is 0 Å².